The Kier molecular flexibility index (Phi) is 4.06. The number of Topliss-reactive ketones (excluding diaryl/α,β-unsaturated/α-hetero) is 1. The number of piperidine rings is 3. The van der Waals surface area contributed by atoms with Gasteiger partial charge in [0.2, 0.25) is 0 Å². The van der Waals surface area contributed by atoms with Crippen molar-refractivity contribution in [2.45, 2.75) is 19.3 Å². The normalized spacial score (nSPS) is 26.0. The first-order valence-electron chi connectivity index (χ1n) is 8.15. The van der Waals surface area contributed by atoms with E-state index in [9.17, 15) is 14.9 Å². The van der Waals surface area contributed by atoms with Crippen LogP contribution in [0.1, 0.15) is 28.9 Å². The summed E-state index contributed by atoms with van der Waals surface area (Å²) in [5.74, 6) is 1.13. The lowest BCUT2D eigenvalue weighted by Gasteiger charge is -2.44. The standard InChI is InChI=1S/C17H17ClN2O3S/c18-16-13-2-1-12(20(22)23)8-15(13)24-17(16)14(21)7-11-9-19-5-3-10(11)4-6-19/h1-2,8,10-11H,3-7,9H2/t11-/m0/s1. The van der Waals surface area contributed by atoms with Gasteiger partial charge in [-0.05, 0) is 43.8 Å². The van der Waals surface area contributed by atoms with Crippen molar-refractivity contribution >= 4 is 44.5 Å². The second kappa shape index (κ2) is 6.10. The molecule has 3 fully saturated rings. The third-order valence-electron chi connectivity index (χ3n) is 5.32. The van der Waals surface area contributed by atoms with E-state index >= 15 is 0 Å². The van der Waals surface area contributed by atoms with Crippen LogP contribution in [0.2, 0.25) is 5.02 Å². The molecule has 24 heavy (non-hydrogen) atoms. The Morgan fingerprint density at radius 3 is 2.75 bits per heavy atom. The number of hydrogen-bond acceptors (Lipinski definition) is 5. The van der Waals surface area contributed by atoms with E-state index in [1.807, 2.05) is 0 Å². The molecule has 0 radical (unpaired) electrons. The minimum atomic E-state index is -0.429. The van der Waals surface area contributed by atoms with Gasteiger partial charge in [-0.15, -0.1) is 11.3 Å². The van der Waals surface area contributed by atoms with Gasteiger partial charge in [-0.25, -0.2) is 0 Å². The van der Waals surface area contributed by atoms with E-state index in [1.165, 1.54) is 36.3 Å². The molecule has 4 heterocycles. The SMILES string of the molecule is O=C(C[C@H]1CN2CCC1CC2)c1sc2cc([N+](=O)[O-])ccc2c1Cl. The van der Waals surface area contributed by atoms with Gasteiger partial charge in [0, 0.05) is 35.2 Å². The number of halogens is 1. The van der Waals surface area contributed by atoms with Crippen LogP contribution in [0.4, 0.5) is 5.69 Å². The highest BCUT2D eigenvalue weighted by Gasteiger charge is 2.35. The maximum Gasteiger partial charge on any atom is 0.270 e. The molecule has 1 aromatic carbocycles. The molecule has 0 saturated carbocycles. The van der Waals surface area contributed by atoms with Crippen molar-refractivity contribution in [3.8, 4) is 0 Å². The summed E-state index contributed by atoms with van der Waals surface area (Å²) in [6.45, 7) is 3.32. The molecular formula is C17H17ClN2O3S. The van der Waals surface area contributed by atoms with Crippen molar-refractivity contribution < 1.29 is 9.72 Å². The summed E-state index contributed by atoms with van der Waals surface area (Å²) in [4.78, 5) is 26.2. The number of nitrogens with zero attached hydrogens (tertiary/aromatic N) is 2. The molecule has 0 amide bonds. The smallest absolute Gasteiger partial charge is 0.270 e. The summed E-state index contributed by atoms with van der Waals surface area (Å²) in [5.41, 5.74) is 0.0248. The lowest BCUT2D eigenvalue weighted by Crippen LogP contribution is -2.47. The third-order valence-corrected chi connectivity index (χ3v) is 7.01. The highest BCUT2D eigenvalue weighted by atomic mass is 35.5. The van der Waals surface area contributed by atoms with Crippen LogP contribution in [-0.2, 0) is 0 Å². The molecule has 0 spiro atoms. The number of hydrogen-bond donors (Lipinski definition) is 0. The number of thiophene rings is 1. The molecule has 3 saturated heterocycles. The van der Waals surface area contributed by atoms with Crippen molar-refractivity contribution in [2.24, 2.45) is 11.8 Å². The molecule has 0 aliphatic carbocycles. The molecule has 7 heteroatoms. The van der Waals surface area contributed by atoms with Crippen molar-refractivity contribution in [2.75, 3.05) is 19.6 Å². The Morgan fingerprint density at radius 2 is 2.12 bits per heavy atom. The largest absolute Gasteiger partial charge is 0.303 e. The summed E-state index contributed by atoms with van der Waals surface area (Å²) in [5, 5.41) is 12.1. The highest BCUT2D eigenvalue weighted by Crippen LogP contribution is 2.40. The van der Waals surface area contributed by atoms with E-state index in [4.69, 9.17) is 11.6 Å². The molecular weight excluding hydrogens is 348 g/mol. The van der Waals surface area contributed by atoms with Crippen molar-refractivity contribution in [1.82, 2.24) is 4.90 Å². The summed E-state index contributed by atoms with van der Waals surface area (Å²) >= 11 is 7.66. The van der Waals surface area contributed by atoms with Gasteiger partial charge in [-0.2, -0.15) is 0 Å². The predicted molar refractivity (Wildman–Crippen MR) is 95.1 cm³/mol. The first-order chi connectivity index (χ1) is 11.5. The molecule has 1 aromatic heterocycles. The van der Waals surface area contributed by atoms with Crippen molar-refractivity contribution in [3.63, 3.8) is 0 Å². The summed E-state index contributed by atoms with van der Waals surface area (Å²) < 4.78 is 0.700. The van der Waals surface area contributed by atoms with Crippen LogP contribution in [-0.4, -0.2) is 35.2 Å². The fourth-order valence-corrected chi connectivity index (χ4v) is 5.51. The van der Waals surface area contributed by atoms with Crippen molar-refractivity contribution in [1.29, 1.82) is 0 Å². The molecule has 126 valence electrons. The number of nitro groups is 1. The molecule has 3 aliphatic rings. The Bertz CT molecular complexity index is 827. The fraction of sp³-hybridized carbons (Fsp3) is 0.471. The van der Waals surface area contributed by atoms with Gasteiger partial charge < -0.3 is 4.90 Å². The van der Waals surface area contributed by atoms with Crippen LogP contribution >= 0.6 is 22.9 Å². The molecule has 1 atom stereocenters. The number of non-ortho nitro benzene ring substituents is 1. The molecule has 2 aromatic rings. The van der Waals surface area contributed by atoms with Crippen LogP contribution in [0, 0.1) is 22.0 Å². The van der Waals surface area contributed by atoms with Gasteiger partial charge in [0.25, 0.3) is 5.69 Å². The first-order valence-corrected chi connectivity index (χ1v) is 9.34. The van der Waals surface area contributed by atoms with Crippen LogP contribution in [0.5, 0.6) is 0 Å². The minimum Gasteiger partial charge on any atom is -0.303 e. The molecule has 2 bridgehead atoms. The van der Waals surface area contributed by atoms with E-state index in [-0.39, 0.29) is 11.5 Å². The highest BCUT2D eigenvalue weighted by molar-refractivity contribution is 7.21. The molecule has 0 N–H and O–H groups in total. The molecule has 5 nitrogen and oxygen atoms in total. The summed E-state index contributed by atoms with van der Waals surface area (Å²) in [6.07, 6.45) is 2.89. The lowest BCUT2D eigenvalue weighted by atomic mass is 9.76. The van der Waals surface area contributed by atoms with E-state index in [2.05, 4.69) is 4.90 Å². The van der Waals surface area contributed by atoms with Gasteiger partial charge in [0.1, 0.15) is 0 Å². The number of carbonyl (C=O) groups is 1. The topological polar surface area (TPSA) is 63.5 Å². The Hall–Kier alpha value is -1.50. The van der Waals surface area contributed by atoms with E-state index in [1.54, 1.807) is 6.07 Å². The monoisotopic (exact) mass is 364 g/mol. The number of fused-ring (bicyclic) bond motifs is 4. The maximum absolute atomic E-state index is 12.8. The predicted octanol–water partition coefficient (Wildman–Crippen LogP) is 4.38. The maximum atomic E-state index is 12.8. The average molecular weight is 365 g/mol. The van der Waals surface area contributed by atoms with Gasteiger partial charge in [0.15, 0.2) is 5.78 Å². The molecule has 5 rings (SSSR count). The van der Waals surface area contributed by atoms with Gasteiger partial charge in [0.05, 0.1) is 14.8 Å². The second-order valence-corrected chi connectivity index (χ2v) is 8.14. The summed E-state index contributed by atoms with van der Waals surface area (Å²) in [7, 11) is 0. The van der Waals surface area contributed by atoms with E-state index in [0.717, 1.165) is 25.0 Å². The number of benzene rings is 1. The van der Waals surface area contributed by atoms with Crippen LogP contribution in [0.25, 0.3) is 10.1 Å². The fourth-order valence-electron chi connectivity index (χ4n) is 4.00. The van der Waals surface area contributed by atoms with E-state index < -0.39 is 4.92 Å². The number of rotatable bonds is 4. The lowest BCUT2D eigenvalue weighted by molar-refractivity contribution is -0.384. The quantitative estimate of drug-likeness (QED) is 0.459. The van der Waals surface area contributed by atoms with Gasteiger partial charge >= 0.3 is 0 Å². The second-order valence-electron chi connectivity index (χ2n) is 6.71. The zero-order valence-electron chi connectivity index (χ0n) is 13.0. The Morgan fingerprint density at radius 1 is 1.38 bits per heavy atom. The first kappa shape index (κ1) is 16.0. The number of carbonyl (C=O) groups excluding carboxylic acids is 1. The number of nitro benzene ring substituents is 1. The zero-order chi connectivity index (χ0) is 16.8. The van der Waals surface area contributed by atoms with Crippen LogP contribution < -0.4 is 0 Å². The summed E-state index contributed by atoms with van der Waals surface area (Å²) in [6, 6.07) is 4.57. The van der Waals surface area contributed by atoms with Crippen LogP contribution in [0.15, 0.2) is 18.2 Å². The van der Waals surface area contributed by atoms with Crippen LogP contribution in [0.3, 0.4) is 0 Å². The Labute approximate surface area is 148 Å². The van der Waals surface area contributed by atoms with E-state index in [0.29, 0.717) is 32.9 Å². The minimum absolute atomic E-state index is 0.0248. The van der Waals surface area contributed by atoms with Gasteiger partial charge in [-0.3, -0.25) is 14.9 Å². The van der Waals surface area contributed by atoms with Gasteiger partial charge in [-0.1, -0.05) is 11.6 Å². The third kappa shape index (κ3) is 2.72. The molecule has 3 aliphatic heterocycles. The Balaban J connectivity index is 1.60. The molecule has 0 unspecified atom stereocenters. The average Bonchev–Trinajstić information content (AvgIpc) is 2.92. The van der Waals surface area contributed by atoms with Crippen molar-refractivity contribution in [3.05, 3.63) is 38.2 Å². The number of ketones is 1. The zero-order valence-corrected chi connectivity index (χ0v) is 14.6.